The van der Waals surface area contributed by atoms with Crippen molar-refractivity contribution in [1.82, 2.24) is 0 Å². The van der Waals surface area contributed by atoms with Crippen LogP contribution in [0.25, 0.3) is 0 Å². The molecule has 0 aliphatic rings. The Morgan fingerprint density at radius 3 is 2.24 bits per heavy atom. The topological polar surface area (TPSA) is 55.2 Å². The van der Waals surface area contributed by atoms with Crippen molar-refractivity contribution in [1.29, 1.82) is 0 Å². The zero-order valence-electron chi connectivity index (χ0n) is 10.3. The average Bonchev–Trinajstić information content (AvgIpc) is 2.40. The van der Waals surface area contributed by atoms with Crippen LogP contribution >= 0.6 is 11.6 Å². The lowest BCUT2D eigenvalue weighted by Gasteiger charge is -2.10. The van der Waals surface area contributed by atoms with Gasteiger partial charge in [-0.2, -0.15) is 13.2 Å². The minimum atomic E-state index is -4.64. The number of halogens is 4. The summed E-state index contributed by atoms with van der Waals surface area (Å²) < 4.78 is 37.7. The predicted octanol–water partition coefficient (Wildman–Crippen LogP) is 5.01. The van der Waals surface area contributed by atoms with E-state index in [0.717, 1.165) is 12.1 Å². The van der Waals surface area contributed by atoms with Crippen LogP contribution in [0.3, 0.4) is 0 Å². The number of nitro groups is 1. The molecule has 21 heavy (non-hydrogen) atoms. The van der Waals surface area contributed by atoms with E-state index in [1.165, 1.54) is 0 Å². The molecule has 8 heteroatoms. The Morgan fingerprint density at radius 2 is 1.71 bits per heavy atom. The molecule has 0 saturated carbocycles. The van der Waals surface area contributed by atoms with Crippen LogP contribution in [-0.4, -0.2) is 4.92 Å². The maximum absolute atomic E-state index is 12.6. The van der Waals surface area contributed by atoms with Crippen molar-refractivity contribution in [2.45, 2.75) is 6.18 Å². The van der Waals surface area contributed by atoms with E-state index in [4.69, 9.17) is 11.6 Å². The van der Waals surface area contributed by atoms with Crippen LogP contribution in [0.5, 0.6) is 0 Å². The summed E-state index contributed by atoms with van der Waals surface area (Å²) in [5.74, 6) is 0. The van der Waals surface area contributed by atoms with E-state index in [0.29, 0.717) is 16.8 Å². The first-order valence-corrected chi connectivity index (χ1v) is 6.03. The number of alkyl halides is 3. The number of anilines is 2. The predicted molar refractivity (Wildman–Crippen MR) is 72.8 cm³/mol. The molecule has 0 heterocycles. The van der Waals surface area contributed by atoms with Gasteiger partial charge >= 0.3 is 6.18 Å². The third-order valence-corrected chi connectivity index (χ3v) is 2.90. The average molecular weight is 317 g/mol. The van der Waals surface area contributed by atoms with Gasteiger partial charge in [0.2, 0.25) is 0 Å². The highest BCUT2D eigenvalue weighted by molar-refractivity contribution is 6.30. The molecule has 0 aliphatic heterocycles. The first-order chi connectivity index (χ1) is 9.77. The quantitative estimate of drug-likeness (QED) is 0.639. The maximum Gasteiger partial charge on any atom is 0.416 e. The second-order valence-electron chi connectivity index (χ2n) is 4.12. The molecule has 0 spiro atoms. The van der Waals surface area contributed by atoms with Crippen LogP contribution in [-0.2, 0) is 6.18 Å². The van der Waals surface area contributed by atoms with Gasteiger partial charge in [0.15, 0.2) is 0 Å². The van der Waals surface area contributed by atoms with Crippen LogP contribution < -0.4 is 5.32 Å². The molecule has 2 aromatic carbocycles. The Labute approximate surface area is 122 Å². The highest BCUT2D eigenvalue weighted by Crippen LogP contribution is 2.36. The van der Waals surface area contributed by atoms with Crippen LogP contribution in [0.2, 0.25) is 5.02 Å². The Morgan fingerprint density at radius 1 is 1.10 bits per heavy atom. The zero-order valence-corrected chi connectivity index (χ0v) is 11.1. The Kier molecular flexibility index (Phi) is 4.04. The van der Waals surface area contributed by atoms with Crippen LogP contribution in [0.1, 0.15) is 5.56 Å². The SMILES string of the molecule is O=[N+]([O-])c1cc(C(F)(F)F)ccc1Nc1ccc(Cl)cc1. The van der Waals surface area contributed by atoms with E-state index in [1.807, 2.05) is 0 Å². The van der Waals surface area contributed by atoms with Gasteiger partial charge in [0.05, 0.1) is 10.5 Å². The lowest BCUT2D eigenvalue weighted by molar-refractivity contribution is -0.384. The number of nitrogens with zero attached hydrogens (tertiary/aromatic N) is 1. The van der Waals surface area contributed by atoms with Gasteiger partial charge in [-0.3, -0.25) is 10.1 Å². The summed E-state index contributed by atoms with van der Waals surface area (Å²) in [6.45, 7) is 0. The molecule has 0 atom stereocenters. The molecular weight excluding hydrogens is 309 g/mol. The first-order valence-electron chi connectivity index (χ1n) is 5.65. The first kappa shape index (κ1) is 15.1. The molecule has 2 aromatic rings. The van der Waals surface area contributed by atoms with E-state index in [9.17, 15) is 23.3 Å². The van der Waals surface area contributed by atoms with Gasteiger partial charge in [-0.15, -0.1) is 0 Å². The standard InChI is InChI=1S/C13H8ClF3N2O2/c14-9-2-4-10(5-3-9)18-11-6-1-8(13(15,16)17)7-12(11)19(20)21/h1-7,18H. The zero-order chi connectivity index (χ0) is 15.6. The van der Waals surface area contributed by atoms with Crippen molar-refractivity contribution in [3.05, 3.63) is 63.2 Å². The van der Waals surface area contributed by atoms with E-state index in [2.05, 4.69) is 5.32 Å². The number of nitro benzene ring substituents is 1. The number of benzene rings is 2. The fraction of sp³-hybridized carbons (Fsp3) is 0.0769. The molecule has 0 unspecified atom stereocenters. The smallest absolute Gasteiger partial charge is 0.350 e. The Bertz CT molecular complexity index is 672. The molecule has 4 nitrogen and oxygen atoms in total. The molecule has 0 radical (unpaired) electrons. The van der Waals surface area contributed by atoms with E-state index in [1.54, 1.807) is 24.3 Å². The molecule has 2 rings (SSSR count). The molecule has 1 N–H and O–H groups in total. The number of hydrogen-bond acceptors (Lipinski definition) is 3. The second kappa shape index (κ2) is 5.61. The summed E-state index contributed by atoms with van der Waals surface area (Å²) in [5, 5.41) is 14.1. The fourth-order valence-corrected chi connectivity index (χ4v) is 1.78. The molecule has 110 valence electrons. The number of hydrogen-bond donors (Lipinski definition) is 1. The fourth-order valence-electron chi connectivity index (χ4n) is 1.65. The third-order valence-electron chi connectivity index (χ3n) is 2.64. The van der Waals surface area contributed by atoms with Gasteiger partial charge in [-0.1, -0.05) is 11.6 Å². The summed E-state index contributed by atoms with van der Waals surface area (Å²) >= 11 is 5.71. The van der Waals surface area contributed by atoms with E-state index >= 15 is 0 Å². The molecule has 0 aromatic heterocycles. The van der Waals surface area contributed by atoms with Crippen molar-refractivity contribution in [2.75, 3.05) is 5.32 Å². The lowest BCUT2D eigenvalue weighted by atomic mass is 10.1. The van der Waals surface area contributed by atoms with Gasteiger partial charge in [0, 0.05) is 16.8 Å². The lowest BCUT2D eigenvalue weighted by Crippen LogP contribution is -2.06. The van der Waals surface area contributed by atoms with Crippen molar-refractivity contribution < 1.29 is 18.1 Å². The van der Waals surface area contributed by atoms with E-state index < -0.39 is 22.4 Å². The van der Waals surface area contributed by atoms with Crippen molar-refractivity contribution >= 4 is 28.7 Å². The van der Waals surface area contributed by atoms with Gasteiger partial charge in [0.1, 0.15) is 5.69 Å². The number of nitrogens with one attached hydrogen (secondary N) is 1. The maximum atomic E-state index is 12.6. The van der Waals surface area contributed by atoms with Gasteiger partial charge in [0.25, 0.3) is 5.69 Å². The number of rotatable bonds is 3. The summed E-state index contributed by atoms with van der Waals surface area (Å²) in [6, 6.07) is 8.53. The van der Waals surface area contributed by atoms with Gasteiger partial charge in [-0.25, -0.2) is 0 Å². The van der Waals surface area contributed by atoms with Crippen LogP contribution in [0.4, 0.5) is 30.2 Å². The third kappa shape index (κ3) is 3.63. The largest absolute Gasteiger partial charge is 0.416 e. The highest BCUT2D eigenvalue weighted by Gasteiger charge is 2.33. The Balaban J connectivity index is 2.39. The molecule has 0 saturated heterocycles. The van der Waals surface area contributed by atoms with Crippen molar-refractivity contribution in [3.8, 4) is 0 Å². The van der Waals surface area contributed by atoms with Crippen LogP contribution in [0, 0.1) is 10.1 Å². The monoisotopic (exact) mass is 316 g/mol. The molecule has 0 bridgehead atoms. The molecular formula is C13H8ClF3N2O2. The highest BCUT2D eigenvalue weighted by atomic mass is 35.5. The van der Waals surface area contributed by atoms with E-state index in [-0.39, 0.29) is 5.69 Å². The van der Waals surface area contributed by atoms with Crippen molar-refractivity contribution in [2.24, 2.45) is 0 Å². The molecule has 0 aliphatic carbocycles. The summed E-state index contributed by atoms with van der Waals surface area (Å²) in [6.07, 6.45) is -4.64. The Hall–Kier alpha value is -2.28. The molecule has 0 fully saturated rings. The van der Waals surface area contributed by atoms with Gasteiger partial charge in [-0.05, 0) is 36.4 Å². The second-order valence-corrected chi connectivity index (χ2v) is 4.56. The summed E-state index contributed by atoms with van der Waals surface area (Å²) in [7, 11) is 0. The van der Waals surface area contributed by atoms with Crippen molar-refractivity contribution in [3.63, 3.8) is 0 Å². The minimum Gasteiger partial charge on any atom is -0.350 e. The van der Waals surface area contributed by atoms with Gasteiger partial charge < -0.3 is 5.32 Å². The molecule has 0 amide bonds. The summed E-state index contributed by atoms with van der Waals surface area (Å²) in [4.78, 5) is 10.1. The minimum absolute atomic E-state index is 0.0321. The van der Waals surface area contributed by atoms with Crippen LogP contribution in [0.15, 0.2) is 42.5 Å². The summed E-state index contributed by atoms with van der Waals surface area (Å²) in [5.41, 5.74) is -1.28. The normalized spacial score (nSPS) is 11.2.